The van der Waals surface area contributed by atoms with Crippen LogP contribution in [-0.4, -0.2) is 12.1 Å². The number of rotatable bonds is 1. The van der Waals surface area contributed by atoms with Crippen LogP contribution in [0.15, 0.2) is 27.3 Å². The molecular formula is C10H6Br2ClNO. The molecule has 0 saturated heterocycles. The minimum absolute atomic E-state index is 0.645. The molecule has 0 radical (unpaired) electrons. The van der Waals surface area contributed by atoms with Crippen molar-refractivity contribution in [1.29, 1.82) is 0 Å². The maximum atomic E-state index is 6.12. The highest BCUT2D eigenvalue weighted by Crippen LogP contribution is 2.37. The summed E-state index contributed by atoms with van der Waals surface area (Å²) in [5, 5.41) is 1.51. The molecule has 2 nitrogen and oxygen atoms in total. The van der Waals surface area contributed by atoms with Crippen LogP contribution in [0.5, 0.6) is 5.75 Å². The van der Waals surface area contributed by atoms with Gasteiger partial charge >= 0.3 is 0 Å². The Labute approximate surface area is 109 Å². The first-order valence-corrected chi connectivity index (χ1v) is 6.07. The summed E-state index contributed by atoms with van der Waals surface area (Å²) in [5.74, 6) is 0.696. The molecule has 0 bridgehead atoms. The van der Waals surface area contributed by atoms with Crippen molar-refractivity contribution in [3.8, 4) is 5.75 Å². The summed E-state index contributed by atoms with van der Waals surface area (Å²) in [7, 11) is 1.61. The molecule has 1 heterocycles. The predicted octanol–water partition coefficient (Wildman–Crippen LogP) is 4.42. The highest BCUT2D eigenvalue weighted by Gasteiger charge is 2.11. The fourth-order valence-corrected chi connectivity index (χ4v) is 2.66. The molecule has 78 valence electrons. The zero-order valence-corrected chi connectivity index (χ0v) is 11.6. The Morgan fingerprint density at radius 2 is 2.07 bits per heavy atom. The quantitative estimate of drug-likeness (QED) is 0.759. The lowest BCUT2D eigenvalue weighted by atomic mass is 10.2. The number of benzene rings is 1. The Morgan fingerprint density at radius 3 is 2.73 bits per heavy atom. The molecule has 2 aromatic rings. The van der Waals surface area contributed by atoms with Gasteiger partial charge in [0, 0.05) is 16.1 Å². The Bertz CT molecular complexity index is 530. The summed E-state index contributed by atoms with van der Waals surface area (Å²) in [6, 6.07) is 3.72. The van der Waals surface area contributed by atoms with Crippen molar-refractivity contribution in [3.63, 3.8) is 0 Å². The van der Waals surface area contributed by atoms with Crippen LogP contribution in [0.2, 0.25) is 5.02 Å². The monoisotopic (exact) mass is 349 g/mol. The average Bonchev–Trinajstić information content (AvgIpc) is 2.19. The molecule has 0 N–H and O–H groups in total. The van der Waals surface area contributed by atoms with Gasteiger partial charge < -0.3 is 4.74 Å². The molecule has 0 atom stereocenters. The van der Waals surface area contributed by atoms with Crippen molar-refractivity contribution < 1.29 is 4.74 Å². The van der Waals surface area contributed by atoms with Crippen molar-refractivity contribution in [3.05, 3.63) is 32.3 Å². The van der Waals surface area contributed by atoms with E-state index in [4.69, 9.17) is 16.3 Å². The van der Waals surface area contributed by atoms with Gasteiger partial charge in [-0.05, 0) is 44.0 Å². The number of methoxy groups -OCH3 is 1. The minimum Gasteiger partial charge on any atom is -0.493 e. The van der Waals surface area contributed by atoms with E-state index in [-0.39, 0.29) is 0 Å². The van der Waals surface area contributed by atoms with Gasteiger partial charge in [-0.2, -0.15) is 0 Å². The van der Waals surface area contributed by atoms with Crippen LogP contribution < -0.4 is 4.74 Å². The zero-order chi connectivity index (χ0) is 11.0. The third-order valence-electron chi connectivity index (χ3n) is 2.00. The number of halogens is 3. The smallest absolute Gasteiger partial charge is 0.159 e. The molecule has 2 rings (SSSR count). The summed E-state index contributed by atoms with van der Waals surface area (Å²) >= 11 is 12.9. The van der Waals surface area contributed by atoms with E-state index in [1.165, 1.54) is 0 Å². The molecule has 0 spiro atoms. The summed E-state index contributed by atoms with van der Waals surface area (Å²) < 4.78 is 6.96. The van der Waals surface area contributed by atoms with Crippen molar-refractivity contribution in [2.45, 2.75) is 0 Å². The lowest BCUT2D eigenvalue weighted by molar-refractivity contribution is 0.416. The third kappa shape index (κ3) is 1.98. The molecule has 0 unspecified atom stereocenters. The molecule has 0 aliphatic rings. The Balaban J connectivity index is 2.90. The topological polar surface area (TPSA) is 22.1 Å². The van der Waals surface area contributed by atoms with E-state index in [0.29, 0.717) is 10.8 Å². The molecule has 0 amide bonds. The van der Waals surface area contributed by atoms with Crippen molar-refractivity contribution in [2.24, 2.45) is 0 Å². The van der Waals surface area contributed by atoms with Gasteiger partial charge in [0.05, 0.1) is 16.6 Å². The summed E-state index contributed by atoms with van der Waals surface area (Å²) in [6.07, 6.45) is 1.72. The van der Waals surface area contributed by atoms with E-state index in [9.17, 15) is 0 Å². The van der Waals surface area contributed by atoms with Gasteiger partial charge in [0.1, 0.15) is 5.52 Å². The lowest BCUT2D eigenvalue weighted by Crippen LogP contribution is -1.90. The highest BCUT2D eigenvalue weighted by atomic mass is 79.9. The van der Waals surface area contributed by atoms with E-state index >= 15 is 0 Å². The second-order valence-corrected chi connectivity index (χ2v) is 5.10. The van der Waals surface area contributed by atoms with Gasteiger partial charge in [0.25, 0.3) is 0 Å². The molecule has 1 aromatic carbocycles. The highest BCUT2D eigenvalue weighted by molar-refractivity contribution is 9.10. The fourth-order valence-electron chi connectivity index (χ4n) is 1.36. The van der Waals surface area contributed by atoms with Gasteiger partial charge in [-0.15, -0.1) is 0 Å². The largest absolute Gasteiger partial charge is 0.493 e. The van der Waals surface area contributed by atoms with E-state index in [1.807, 2.05) is 6.07 Å². The number of fused-ring (bicyclic) bond motifs is 1. The minimum atomic E-state index is 0.645. The SMILES string of the molecule is COc1c(Br)cc(Cl)c2cc(Br)cnc12. The maximum Gasteiger partial charge on any atom is 0.159 e. The summed E-state index contributed by atoms with van der Waals surface area (Å²) in [4.78, 5) is 4.29. The average molecular weight is 351 g/mol. The second kappa shape index (κ2) is 4.28. The van der Waals surface area contributed by atoms with Crippen molar-refractivity contribution in [2.75, 3.05) is 7.11 Å². The standard InChI is InChI=1S/C10H6Br2ClNO/c1-15-10-7(12)3-8(13)6-2-5(11)4-14-9(6)10/h2-4H,1H3. The first-order valence-electron chi connectivity index (χ1n) is 4.10. The lowest BCUT2D eigenvalue weighted by Gasteiger charge is -2.08. The first kappa shape index (κ1) is 11.2. The predicted molar refractivity (Wildman–Crippen MR) is 68.7 cm³/mol. The van der Waals surface area contributed by atoms with E-state index in [0.717, 1.165) is 19.8 Å². The summed E-state index contributed by atoms with van der Waals surface area (Å²) in [5.41, 5.74) is 0.750. The Kier molecular flexibility index (Phi) is 3.19. The van der Waals surface area contributed by atoms with Gasteiger partial charge in [-0.25, -0.2) is 0 Å². The van der Waals surface area contributed by atoms with Crippen molar-refractivity contribution in [1.82, 2.24) is 4.98 Å². The normalized spacial score (nSPS) is 10.7. The van der Waals surface area contributed by atoms with E-state index < -0.39 is 0 Å². The van der Waals surface area contributed by atoms with Crippen LogP contribution in [0.25, 0.3) is 10.9 Å². The third-order valence-corrected chi connectivity index (χ3v) is 3.34. The fraction of sp³-hybridized carbons (Fsp3) is 0.100. The van der Waals surface area contributed by atoms with Gasteiger partial charge in [0.15, 0.2) is 5.75 Å². The molecule has 5 heteroatoms. The van der Waals surface area contributed by atoms with Gasteiger partial charge in [-0.1, -0.05) is 11.6 Å². The molecule has 15 heavy (non-hydrogen) atoms. The summed E-state index contributed by atoms with van der Waals surface area (Å²) in [6.45, 7) is 0. The van der Waals surface area contributed by atoms with Crippen LogP contribution in [0.4, 0.5) is 0 Å². The van der Waals surface area contributed by atoms with Crippen LogP contribution in [0.1, 0.15) is 0 Å². The van der Waals surface area contributed by atoms with Crippen molar-refractivity contribution >= 4 is 54.4 Å². The molecule has 0 saturated carbocycles. The van der Waals surface area contributed by atoms with E-state index in [1.54, 1.807) is 19.4 Å². The number of hydrogen-bond donors (Lipinski definition) is 0. The Morgan fingerprint density at radius 1 is 1.33 bits per heavy atom. The number of nitrogens with zero attached hydrogens (tertiary/aromatic N) is 1. The second-order valence-electron chi connectivity index (χ2n) is 2.92. The van der Waals surface area contributed by atoms with Gasteiger partial charge in [0.2, 0.25) is 0 Å². The van der Waals surface area contributed by atoms with Crippen LogP contribution in [-0.2, 0) is 0 Å². The molecule has 0 fully saturated rings. The van der Waals surface area contributed by atoms with Crippen LogP contribution in [0.3, 0.4) is 0 Å². The number of ether oxygens (including phenoxy) is 1. The zero-order valence-electron chi connectivity index (χ0n) is 7.72. The maximum absolute atomic E-state index is 6.12. The first-order chi connectivity index (χ1) is 7.13. The van der Waals surface area contributed by atoms with Gasteiger partial charge in [-0.3, -0.25) is 4.98 Å². The Hall–Kier alpha value is -0.320. The van der Waals surface area contributed by atoms with E-state index in [2.05, 4.69) is 36.8 Å². The van der Waals surface area contributed by atoms with Crippen LogP contribution >= 0.6 is 43.5 Å². The number of hydrogen-bond acceptors (Lipinski definition) is 2. The number of pyridine rings is 1. The van der Waals surface area contributed by atoms with Crippen LogP contribution in [0, 0.1) is 0 Å². The molecule has 1 aromatic heterocycles. The molecule has 0 aliphatic heterocycles. The molecule has 0 aliphatic carbocycles. The number of aromatic nitrogens is 1. The molecular weight excluding hydrogens is 345 g/mol.